The van der Waals surface area contributed by atoms with E-state index in [0.29, 0.717) is 0 Å². The summed E-state index contributed by atoms with van der Waals surface area (Å²) in [7, 11) is 0. The van der Waals surface area contributed by atoms with Crippen LogP contribution in [0, 0.1) is 5.82 Å². The lowest BCUT2D eigenvalue weighted by Gasteiger charge is -2.17. The lowest BCUT2D eigenvalue weighted by Crippen LogP contribution is -2.24. The third-order valence-corrected chi connectivity index (χ3v) is 1.93. The zero-order valence-corrected chi connectivity index (χ0v) is 8.61. The van der Waals surface area contributed by atoms with Gasteiger partial charge in [-0.3, -0.25) is 0 Å². The van der Waals surface area contributed by atoms with Gasteiger partial charge in [0.15, 0.2) is 0 Å². The molecule has 0 radical (unpaired) electrons. The first-order valence-corrected chi connectivity index (χ1v) is 4.66. The summed E-state index contributed by atoms with van der Waals surface area (Å²) in [5.74, 6) is -0.658. The van der Waals surface area contributed by atoms with E-state index in [1.165, 1.54) is 19.1 Å². The monoisotopic (exact) mass is 236 g/mol. The zero-order valence-electron chi connectivity index (χ0n) is 8.61. The van der Waals surface area contributed by atoms with Crippen molar-refractivity contribution in [2.75, 3.05) is 11.1 Å². The van der Waals surface area contributed by atoms with Gasteiger partial charge in [-0.1, -0.05) is 0 Å². The van der Waals surface area contributed by atoms with Crippen molar-refractivity contribution >= 4 is 11.4 Å². The molecule has 1 aromatic rings. The summed E-state index contributed by atoms with van der Waals surface area (Å²) < 4.78 is 49.3. The first-order chi connectivity index (χ1) is 7.28. The molecule has 0 aliphatic rings. The molecule has 1 atom stereocenters. The van der Waals surface area contributed by atoms with Crippen molar-refractivity contribution in [2.24, 2.45) is 0 Å². The molecule has 0 fully saturated rings. The Kier molecular flexibility index (Phi) is 3.62. The van der Waals surface area contributed by atoms with Crippen molar-refractivity contribution < 1.29 is 17.6 Å². The van der Waals surface area contributed by atoms with Crippen LogP contribution < -0.4 is 11.1 Å². The highest BCUT2D eigenvalue weighted by atomic mass is 19.4. The summed E-state index contributed by atoms with van der Waals surface area (Å²) in [6.07, 6.45) is -5.28. The van der Waals surface area contributed by atoms with Crippen LogP contribution in [0.4, 0.5) is 28.9 Å². The molecule has 0 amide bonds. The molecule has 1 rings (SSSR count). The molecule has 0 bridgehead atoms. The number of anilines is 2. The van der Waals surface area contributed by atoms with Gasteiger partial charge in [0.25, 0.3) is 0 Å². The molecule has 0 heterocycles. The number of nitrogens with one attached hydrogen (secondary N) is 1. The first kappa shape index (κ1) is 12.6. The minimum atomic E-state index is -4.27. The van der Waals surface area contributed by atoms with Crippen LogP contribution in [-0.4, -0.2) is 12.2 Å². The first-order valence-electron chi connectivity index (χ1n) is 4.66. The van der Waals surface area contributed by atoms with Crippen molar-refractivity contribution in [2.45, 2.75) is 25.6 Å². The van der Waals surface area contributed by atoms with Gasteiger partial charge in [-0.2, -0.15) is 13.2 Å². The number of halogens is 4. The van der Waals surface area contributed by atoms with E-state index in [1.54, 1.807) is 0 Å². The van der Waals surface area contributed by atoms with Gasteiger partial charge in [0.2, 0.25) is 0 Å². The number of hydrogen-bond donors (Lipinski definition) is 2. The largest absolute Gasteiger partial charge is 0.399 e. The molecule has 2 nitrogen and oxygen atoms in total. The van der Waals surface area contributed by atoms with Crippen LogP contribution in [-0.2, 0) is 0 Å². The van der Waals surface area contributed by atoms with Gasteiger partial charge < -0.3 is 11.1 Å². The second-order valence-electron chi connectivity index (χ2n) is 3.60. The number of benzene rings is 1. The Bertz CT molecular complexity index is 362. The maximum Gasteiger partial charge on any atom is 0.391 e. The van der Waals surface area contributed by atoms with Crippen LogP contribution in [0.25, 0.3) is 0 Å². The Hall–Kier alpha value is -1.46. The van der Waals surface area contributed by atoms with Crippen molar-refractivity contribution in [1.82, 2.24) is 0 Å². The summed E-state index contributed by atoms with van der Waals surface area (Å²) in [6.45, 7) is 1.34. The number of alkyl halides is 3. The minimum absolute atomic E-state index is 0.0194. The molecular formula is C10H12F4N2. The molecule has 0 saturated heterocycles. The van der Waals surface area contributed by atoms with Gasteiger partial charge in [-0.15, -0.1) is 0 Å². The van der Waals surface area contributed by atoms with Crippen molar-refractivity contribution in [3.8, 4) is 0 Å². The zero-order chi connectivity index (χ0) is 12.3. The Morgan fingerprint density at radius 1 is 1.38 bits per heavy atom. The molecule has 6 heteroatoms. The number of nitrogen functional groups attached to an aromatic ring is 1. The van der Waals surface area contributed by atoms with Gasteiger partial charge in [0, 0.05) is 11.7 Å². The van der Waals surface area contributed by atoms with Crippen molar-refractivity contribution in [1.29, 1.82) is 0 Å². The number of nitrogens with two attached hydrogens (primary N) is 1. The molecule has 0 saturated carbocycles. The highest BCUT2D eigenvalue weighted by Crippen LogP contribution is 2.24. The van der Waals surface area contributed by atoms with E-state index in [0.717, 1.165) is 6.07 Å². The van der Waals surface area contributed by atoms with Gasteiger partial charge >= 0.3 is 6.18 Å². The number of rotatable bonds is 3. The lowest BCUT2D eigenvalue weighted by atomic mass is 10.2. The summed E-state index contributed by atoms with van der Waals surface area (Å²) in [6, 6.07) is 2.91. The molecule has 1 unspecified atom stereocenters. The molecule has 3 N–H and O–H groups in total. The fraction of sp³-hybridized carbons (Fsp3) is 0.400. The van der Waals surface area contributed by atoms with Crippen molar-refractivity contribution in [3.05, 3.63) is 24.0 Å². The van der Waals surface area contributed by atoms with E-state index in [1.807, 2.05) is 0 Å². The van der Waals surface area contributed by atoms with Crippen LogP contribution in [0.2, 0.25) is 0 Å². The molecule has 1 aromatic carbocycles. The quantitative estimate of drug-likeness (QED) is 0.625. The molecule has 0 aromatic heterocycles. The summed E-state index contributed by atoms with van der Waals surface area (Å²) in [5.41, 5.74) is 5.56. The third-order valence-electron chi connectivity index (χ3n) is 1.93. The molecular weight excluding hydrogens is 224 g/mol. The van der Waals surface area contributed by atoms with E-state index in [9.17, 15) is 17.6 Å². The van der Waals surface area contributed by atoms with Crippen LogP contribution in [0.5, 0.6) is 0 Å². The average Bonchev–Trinajstić information content (AvgIpc) is 2.06. The summed E-state index contributed by atoms with van der Waals surface area (Å²) >= 11 is 0. The topological polar surface area (TPSA) is 38.0 Å². The Labute approximate surface area is 90.4 Å². The molecule has 90 valence electrons. The second-order valence-corrected chi connectivity index (χ2v) is 3.60. The Morgan fingerprint density at radius 3 is 2.50 bits per heavy atom. The van der Waals surface area contributed by atoms with Crippen LogP contribution in [0.3, 0.4) is 0 Å². The maximum atomic E-state index is 13.2. The fourth-order valence-electron chi connectivity index (χ4n) is 1.31. The predicted octanol–water partition coefficient (Wildman–Crippen LogP) is 3.16. The lowest BCUT2D eigenvalue weighted by molar-refractivity contribution is -0.136. The summed E-state index contributed by atoms with van der Waals surface area (Å²) in [5, 5.41) is 2.44. The smallest absolute Gasteiger partial charge is 0.391 e. The molecule has 16 heavy (non-hydrogen) atoms. The van der Waals surface area contributed by atoms with E-state index >= 15 is 0 Å². The van der Waals surface area contributed by atoms with Crippen molar-refractivity contribution in [3.63, 3.8) is 0 Å². The normalized spacial score (nSPS) is 13.6. The van der Waals surface area contributed by atoms with E-state index in [-0.39, 0.29) is 11.4 Å². The van der Waals surface area contributed by atoms with E-state index in [2.05, 4.69) is 5.32 Å². The summed E-state index contributed by atoms with van der Waals surface area (Å²) in [4.78, 5) is 0. The second kappa shape index (κ2) is 4.59. The number of hydrogen-bond acceptors (Lipinski definition) is 2. The molecule has 0 spiro atoms. The van der Waals surface area contributed by atoms with Gasteiger partial charge in [0.05, 0.1) is 12.1 Å². The van der Waals surface area contributed by atoms with Crippen LogP contribution >= 0.6 is 0 Å². The standard InChI is InChI=1S/C10H12F4N2/c1-6(5-10(12,13)14)16-9-3-2-7(15)4-8(9)11/h2-4,6,16H,5,15H2,1H3. The van der Waals surface area contributed by atoms with Crippen LogP contribution in [0.1, 0.15) is 13.3 Å². The fourth-order valence-corrected chi connectivity index (χ4v) is 1.31. The Morgan fingerprint density at radius 2 is 2.00 bits per heavy atom. The highest BCUT2D eigenvalue weighted by molar-refractivity contribution is 5.53. The predicted molar refractivity (Wildman–Crippen MR) is 54.6 cm³/mol. The molecule has 0 aliphatic carbocycles. The van der Waals surface area contributed by atoms with Crippen LogP contribution in [0.15, 0.2) is 18.2 Å². The SMILES string of the molecule is CC(CC(F)(F)F)Nc1ccc(N)cc1F. The molecule has 0 aliphatic heterocycles. The average molecular weight is 236 g/mol. The van der Waals surface area contributed by atoms with E-state index < -0.39 is 24.5 Å². The van der Waals surface area contributed by atoms with Gasteiger partial charge in [-0.25, -0.2) is 4.39 Å². The highest BCUT2D eigenvalue weighted by Gasteiger charge is 2.30. The van der Waals surface area contributed by atoms with E-state index in [4.69, 9.17) is 5.73 Å². The van der Waals surface area contributed by atoms with Gasteiger partial charge in [0.1, 0.15) is 5.82 Å². The maximum absolute atomic E-state index is 13.2. The van der Waals surface area contributed by atoms with Gasteiger partial charge in [-0.05, 0) is 25.1 Å². The third kappa shape index (κ3) is 3.96. The minimum Gasteiger partial charge on any atom is -0.399 e. The Balaban J connectivity index is 2.66.